The van der Waals surface area contributed by atoms with Crippen LogP contribution in [0.4, 0.5) is 0 Å². The molecule has 0 bridgehead atoms. The molecule has 0 N–H and O–H groups in total. The molecule has 0 aromatic heterocycles. The Morgan fingerprint density at radius 2 is 2.03 bits per heavy atom. The third-order valence-electron chi connectivity index (χ3n) is 9.49. The van der Waals surface area contributed by atoms with Gasteiger partial charge >= 0.3 is 5.97 Å². The van der Waals surface area contributed by atoms with Crippen molar-refractivity contribution in [3.63, 3.8) is 0 Å². The molecule has 2 heterocycles. The minimum Gasteiger partial charge on any atom is -0.497 e. The molecule has 37 heavy (non-hydrogen) atoms. The monoisotopic (exact) mass is 512 g/mol. The number of rotatable bonds is 9. The number of hydrogen-bond donors (Lipinski definition) is 0. The molecular formula is C30H44N2O5. The summed E-state index contributed by atoms with van der Waals surface area (Å²) in [5, 5.41) is 0. The number of morpholine rings is 1. The van der Waals surface area contributed by atoms with Crippen LogP contribution in [0.2, 0.25) is 0 Å². The first-order valence-electron chi connectivity index (χ1n) is 14.0. The molecule has 0 amide bonds. The molecule has 2 aliphatic heterocycles. The van der Waals surface area contributed by atoms with Crippen molar-refractivity contribution in [1.82, 2.24) is 9.80 Å². The molecule has 1 aromatic carbocycles. The van der Waals surface area contributed by atoms with Gasteiger partial charge in [0.15, 0.2) is 0 Å². The van der Waals surface area contributed by atoms with E-state index in [1.54, 1.807) is 14.2 Å². The zero-order valence-corrected chi connectivity index (χ0v) is 22.9. The highest BCUT2D eigenvalue weighted by atomic mass is 16.6. The lowest BCUT2D eigenvalue weighted by molar-refractivity contribution is -0.146. The standard InChI is InChI=1S/C30H44N2O5/c1-21-6-5-9-30(2)18-28-24(17-26(21)30)25(29(33)37-28)20-32(11-10-31-12-14-36-15-13-31)19-22-16-23(34-3)7-8-27(22)35-4/h7-8,16,24-26,28H,1,5-6,9-15,17-20H2,2-4H3/t24-,25-,26+,28-,30-/m1/s1. The fourth-order valence-electron chi connectivity index (χ4n) is 7.33. The van der Waals surface area contributed by atoms with E-state index in [4.69, 9.17) is 18.9 Å². The van der Waals surface area contributed by atoms with Crippen molar-refractivity contribution in [2.75, 3.05) is 60.2 Å². The maximum atomic E-state index is 13.3. The minimum atomic E-state index is -0.106. The second kappa shape index (κ2) is 11.3. The molecule has 2 saturated heterocycles. The van der Waals surface area contributed by atoms with Gasteiger partial charge in [-0.05, 0) is 61.6 Å². The zero-order chi connectivity index (χ0) is 26.0. The van der Waals surface area contributed by atoms with Gasteiger partial charge in [-0.15, -0.1) is 0 Å². The minimum absolute atomic E-state index is 0.0168. The van der Waals surface area contributed by atoms with Crippen LogP contribution in [0.15, 0.2) is 30.4 Å². The molecule has 204 valence electrons. The van der Waals surface area contributed by atoms with E-state index >= 15 is 0 Å². The van der Waals surface area contributed by atoms with E-state index in [2.05, 4.69) is 29.4 Å². The lowest BCUT2D eigenvalue weighted by atomic mass is 9.55. The van der Waals surface area contributed by atoms with E-state index in [-0.39, 0.29) is 29.3 Å². The molecular weight excluding hydrogens is 468 g/mol. The van der Waals surface area contributed by atoms with Crippen molar-refractivity contribution in [3.8, 4) is 11.5 Å². The second-order valence-corrected chi connectivity index (χ2v) is 11.8. The number of carbonyl (C=O) groups excluding carboxylic acids is 1. The van der Waals surface area contributed by atoms with Crippen molar-refractivity contribution in [2.24, 2.45) is 23.2 Å². The summed E-state index contributed by atoms with van der Waals surface area (Å²) < 4.78 is 22.8. The number of methoxy groups -OCH3 is 2. The lowest BCUT2D eigenvalue weighted by Gasteiger charge is -2.50. The van der Waals surface area contributed by atoms with Gasteiger partial charge in [0, 0.05) is 50.7 Å². The fraction of sp³-hybridized carbons (Fsp3) is 0.700. The number of allylic oxidation sites excluding steroid dienone is 1. The first-order chi connectivity index (χ1) is 17.9. The summed E-state index contributed by atoms with van der Waals surface area (Å²) in [5.41, 5.74) is 2.68. The van der Waals surface area contributed by atoms with Crippen LogP contribution in [0.3, 0.4) is 0 Å². The van der Waals surface area contributed by atoms with Gasteiger partial charge in [0.05, 0.1) is 33.4 Å². The molecule has 2 saturated carbocycles. The molecule has 5 atom stereocenters. The first kappa shape index (κ1) is 26.5. The number of ether oxygens (including phenoxy) is 4. The highest BCUT2D eigenvalue weighted by molar-refractivity contribution is 5.75. The summed E-state index contributed by atoms with van der Waals surface area (Å²) in [6.07, 6.45) is 5.58. The number of carbonyl (C=O) groups is 1. The predicted molar refractivity (Wildman–Crippen MR) is 143 cm³/mol. The Hall–Kier alpha value is -2.09. The van der Waals surface area contributed by atoms with Crippen LogP contribution in [0.25, 0.3) is 0 Å². The third kappa shape index (κ3) is 5.69. The number of hydrogen-bond acceptors (Lipinski definition) is 7. The Kier molecular flexibility index (Phi) is 8.13. The molecule has 1 aromatic rings. The quantitative estimate of drug-likeness (QED) is 0.364. The predicted octanol–water partition coefficient (Wildman–Crippen LogP) is 4.15. The number of benzene rings is 1. The molecule has 2 aliphatic carbocycles. The van der Waals surface area contributed by atoms with Crippen LogP contribution in [-0.4, -0.2) is 82.0 Å². The molecule has 7 nitrogen and oxygen atoms in total. The lowest BCUT2D eigenvalue weighted by Crippen LogP contribution is -2.46. The van der Waals surface area contributed by atoms with Crippen molar-refractivity contribution in [1.29, 1.82) is 0 Å². The summed E-state index contributed by atoms with van der Waals surface area (Å²) in [7, 11) is 3.39. The number of nitrogens with zero attached hydrogens (tertiary/aromatic N) is 2. The van der Waals surface area contributed by atoms with Crippen LogP contribution >= 0.6 is 0 Å². The van der Waals surface area contributed by atoms with Gasteiger partial charge in [0.1, 0.15) is 17.6 Å². The van der Waals surface area contributed by atoms with Crippen molar-refractivity contribution < 1.29 is 23.7 Å². The van der Waals surface area contributed by atoms with E-state index in [1.165, 1.54) is 18.4 Å². The van der Waals surface area contributed by atoms with Crippen LogP contribution in [-0.2, 0) is 20.8 Å². The molecule has 0 spiro atoms. The summed E-state index contributed by atoms with van der Waals surface area (Å²) >= 11 is 0. The Morgan fingerprint density at radius 3 is 2.78 bits per heavy atom. The SMILES string of the molecule is C=C1CCC[C@]2(C)C[C@H]3OC(=O)[C@H](CN(CCN4CCOCC4)Cc4cc(OC)ccc4OC)[C@H]3C[C@@H]12. The largest absolute Gasteiger partial charge is 0.497 e. The molecule has 5 rings (SSSR count). The Bertz CT molecular complexity index is 977. The van der Waals surface area contributed by atoms with Gasteiger partial charge in [-0.3, -0.25) is 14.6 Å². The zero-order valence-electron chi connectivity index (χ0n) is 22.9. The average Bonchev–Trinajstić information content (AvgIpc) is 3.19. The van der Waals surface area contributed by atoms with Gasteiger partial charge < -0.3 is 18.9 Å². The summed E-state index contributed by atoms with van der Waals surface area (Å²) in [6, 6.07) is 5.94. The third-order valence-corrected chi connectivity index (χ3v) is 9.49. The Labute approximate surface area is 222 Å². The fourth-order valence-corrected chi connectivity index (χ4v) is 7.33. The summed E-state index contributed by atoms with van der Waals surface area (Å²) in [4.78, 5) is 18.2. The normalized spacial score (nSPS) is 32.1. The van der Waals surface area contributed by atoms with E-state index < -0.39 is 0 Å². The highest BCUT2D eigenvalue weighted by Gasteiger charge is 2.55. The van der Waals surface area contributed by atoms with Crippen LogP contribution in [0, 0.1) is 23.2 Å². The van der Waals surface area contributed by atoms with Gasteiger partial charge in [-0.1, -0.05) is 19.1 Å². The molecule has 0 radical (unpaired) electrons. The molecule has 0 unspecified atom stereocenters. The van der Waals surface area contributed by atoms with Crippen LogP contribution in [0.5, 0.6) is 11.5 Å². The first-order valence-corrected chi connectivity index (χ1v) is 14.0. The topological polar surface area (TPSA) is 60.5 Å². The molecule has 4 fully saturated rings. The summed E-state index contributed by atoms with van der Waals surface area (Å²) in [6.45, 7) is 13.5. The molecule has 7 heteroatoms. The van der Waals surface area contributed by atoms with Gasteiger partial charge in [0.2, 0.25) is 0 Å². The maximum Gasteiger partial charge on any atom is 0.310 e. The number of fused-ring (bicyclic) bond motifs is 2. The van der Waals surface area contributed by atoms with Gasteiger partial charge in [-0.2, -0.15) is 0 Å². The van der Waals surface area contributed by atoms with Crippen LogP contribution in [0.1, 0.15) is 44.6 Å². The van der Waals surface area contributed by atoms with Crippen molar-refractivity contribution >= 4 is 5.97 Å². The Balaban J connectivity index is 1.35. The average molecular weight is 513 g/mol. The molecule has 4 aliphatic rings. The van der Waals surface area contributed by atoms with E-state index in [1.807, 2.05) is 12.1 Å². The van der Waals surface area contributed by atoms with E-state index in [0.717, 1.165) is 75.7 Å². The maximum absolute atomic E-state index is 13.3. The van der Waals surface area contributed by atoms with Crippen LogP contribution < -0.4 is 9.47 Å². The van der Waals surface area contributed by atoms with E-state index in [9.17, 15) is 4.79 Å². The number of esters is 1. The summed E-state index contributed by atoms with van der Waals surface area (Å²) in [5.74, 6) is 2.29. The highest BCUT2D eigenvalue weighted by Crippen LogP contribution is 2.57. The van der Waals surface area contributed by atoms with E-state index in [0.29, 0.717) is 19.0 Å². The van der Waals surface area contributed by atoms with Crippen molar-refractivity contribution in [3.05, 3.63) is 35.9 Å². The second-order valence-electron chi connectivity index (χ2n) is 11.8. The van der Waals surface area contributed by atoms with Gasteiger partial charge in [-0.25, -0.2) is 0 Å². The smallest absolute Gasteiger partial charge is 0.310 e. The van der Waals surface area contributed by atoms with Gasteiger partial charge in [0.25, 0.3) is 0 Å². The Morgan fingerprint density at radius 1 is 1.22 bits per heavy atom. The van der Waals surface area contributed by atoms with Crippen molar-refractivity contribution in [2.45, 2.75) is 51.7 Å².